The van der Waals surface area contributed by atoms with Gasteiger partial charge in [-0.3, -0.25) is 4.79 Å². The molecule has 154 valence electrons. The first-order valence-corrected chi connectivity index (χ1v) is 9.50. The van der Waals surface area contributed by atoms with Crippen molar-refractivity contribution in [2.24, 2.45) is 0 Å². The summed E-state index contributed by atoms with van der Waals surface area (Å²) in [5.74, 6) is -0.698. The summed E-state index contributed by atoms with van der Waals surface area (Å²) in [5, 5.41) is 14.0. The van der Waals surface area contributed by atoms with Gasteiger partial charge in [0.1, 0.15) is 5.82 Å². The molecule has 4 rings (SSSR count). The minimum Gasteiger partial charge on any atom is -0.379 e. The number of aromatic nitrogens is 3. The molecule has 2 heterocycles. The summed E-state index contributed by atoms with van der Waals surface area (Å²) >= 11 is 0. The Morgan fingerprint density at radius 1 is 1.10 bits per heavy atom. The summed E-state index contributed by atoms with van der Waals surface area (Å²) in [7, 11) is 0. The molecule has 4 N–H and O–H groups in total. The number of carbonyl (C=O) groups excluding carboxylic acids is 1. The number of nitrogens with two attached hydrogens (primary N) is 1. The number of fused-ring (bicyclic) bond motifs is 1. The minimum atomic E-state index is -0.425. The second-order valence-corrected chi connectivity index (χ2v) is 6.86. The van der Waals surface area contributed by atoms with Crippen LogP contribution in [0.25, 0.3) is 10.9 Å². The van der Waals surface area contributed by atoms with Gasteiger partial charge in [-0.2, -0.15) is 0 Å². The molecule has 0 aliphatic carbocycles. The standard InChI is InChI=1S/C21H21FN6O2/c22-16-7-5-14(6-8-16)12-28-13-15(17-3-1-2-4-18(17)28)11-24-9-10-25-21(29)19-20(23)27-30-26-19/h1-8,13,24H,9-12H2,(H2,23,27)(H,25,29). The van der Waals surface area contributed by atoms with E-state index in [0.29, 0.717) is 26.2 Å². The Balaban J connectivity index is 1.36. The average molecular weight is 408 g/mol. The Bertz CT molecular complexity index is 1150. The van der Waals surface area contributed by atoms with E-state index in [-0.39, 0.29) is 17.3 Å². The zero-order chi connectivity index (χ0) is 20.9. The summed E-state index contributed by atoms with van der Waals surface area (Å²) < 4.78 is 19.8. The highest BCUT2D eigenvalue weighted by Gasteiger charge is 2.15. The number of anilines is 1. The number of hydrogen-bond acceptors (Lipinski definition) is 6. The number of nitrogens with one attached hydrogen (secondary N) is 2. The number of halogens is 1. The maximum Gasteiger partial charge on any atom is 0.277 e. The Morgan fingerprint density at radius 2 is 1.90 bits per heavy atom. The van der Waals surface area contributed by atoms with Crippen LogP contribution >= 0.6 is 0 Å². The summed E-state index contributed by atoms with van der Waals surface area (Å²) in [4.78, 5) is 11.9. The van der Waals surface area contributed by atoms with Crippen LogP contribution in [-0.4, -0.2) is 33.9 Å². The van der Waals surface area contributed by atoms with Crippen LogP contribution < -0.4 is 16.4 Å². The van der Waals surface area contributed by atoms with Crippen molar-refractivity contribution in [1.29, 1.82) is 0 Å². The minimum absolute atomic E-state index is 0.0149. The van der Waals surface area contributed by atoms with Crippen molar-refractivity contribution in [1.82, 2.24) is 25.5 Å². The first-order valence-electron chi connectivity index (χ1n) is 9.50. The maximum absolute atomic E-state index is 13.2. The van der Waals surface area contributed by atoms with Gasteiger partial charge in [0.05, 0.1) is 0 Å². The Labute approximate surface area is 171 Å². The van der Waals surface area contributed by atoms with E-state index >= 15 is 0 Å². The van der Waals surface area contributed by atoms with Crippen molar-refractivity contribution in [2.75, 3.05) is 18.8 Å². The van der Waals surface area contributed by atoms with E-state index in [1.807, 2.05) is 12.1 Å². The van der Waals surface area contributed by atoms with Gasteiger partial charge in [0.2, 0.25) is 11.5 Å². The lowest BCUT2D eigenvalue weighted by molar-refractivity contribution is 0.0944. The highest BCUT2D eigenvalue weighted by atomic mass is 19.1. The van der Waals surface area contributed by atoms with Gasteiger partial charge < -0.3 is 20.9 Å². The van der Waals surface area contributed by atoms with Crippen molar-refractivity contribution >= 4 is 22.6 Å². The van der Waals surface area contributed by atoms with E-state index in [4.69, 9.17) is 5.73 Å². The maximum atomic E-state index is 13.2. The van der Waals surface area contributed by atoms with Crippen LogP contribution in [0.3, 0.4) is 0 Å². The van der Waals surface area contributed by atoms with E-state index in [1.165, 1.54) is 12.1 Å². The molecule has 4 aromatic rings. The molecule has 9 heteroatoms. The molecule has 8 nitrogen and oxygen atoms in total. The van der Waals surface area contributed by atoms with Gasteiger partial charge in [-0.05, 0) is 39.6 Å². The van der Waals surface area contributed by atoms with E-state index < -0.39 is 5.91 Å². The van der Waals surface area contributed by atoms with E-state index in [1.54, 1.807) is 12.1 Å². The number of carbonyl (C=O) groups is 1. The van der Waals surface area contributed by atoms with Gasteiger partial charge in [-0.25, -0.2) is 9.02 Å². The molecule has 0 fully saturated rings. The fraction of sp³-hybridized carbons (Fsp3) is 0.190. The van der Waals surface area contributed by atoms with Gasteiger partial charge in [-0.1, -0.05) is 30.3 Å². The number of amides is 1. The number of nitrogen functional groups attached to an aromatic ring is 1. The first-order chi connectivity index (χ1) is 14.6. The van der Waals surface area contributed by atoms with Crippen LogP contribution in [0.2, 0.25) is 0 Å². The van der Waals surface area contributed by atoms with Crippen molar-refractivity contribution in [3.8, 4) is 0 Å². The molecule has 0 aliphatic rings. The lowest BCUT2D eigenvalue weighted by Gasteiger charge is -2.06. The Morgan fingerprint density at radius 3 is 2.67 bits per heavy atom. The molecule has 2 aromatic heterocycles. The topological polar surface area (TPSA) is 111 Å². The van der Waals surface area contributed by atoms with Crippen LogP contribution in [0.5, 0.6) is 0 Å². The van der Waals surface area contributed by atoms with Crippen molar-refractivity contribution in [3.63, 3.8) is 0 Å². The molecule has 0 spiro atoms. The van der Waals surface area contributed by atoms with Crippen molar-refractivity contribution < 1.29 is 13.8 Å². The second kappa shape index (κ2) is 8.75. The van der Waals surface area contributed by atoms with E-state index in [2.05, 4.69) is 48.5 Å². The van der Waals surface area contributed by atoms with Crippen LogP contribution in [0.1, 0.15) is 21.6 Å². The monoisotopic (exact) mass is 408 g/mol. The number of rotatable bonds is 8. The lowest BCUT2D eigenvalue weighted by Crippen LogP contribution is -2.32. The largest absolute Gasteiger partial charge is 0.379 e. The number of hydrogen-bond donors (Lipinski definition) is 3. The van der Waals surface area contributed by atoms with Gasteiger partial charge >= 0.3 is 0 Å². The highest BCUT2D eigenvalue weighted by Crippen LogP contribution is 2.22. The number of benzene rings is 2. The highest BCUT2D eigenvalue weighted by molar-refractivity contribution is 5.95. The third-order valence-corrected chi connectivity index (χ3v) is 4.77. The molecule has 0 unspecified atom stereocenters. The number of nitrogens with zero attached hydrogens (tertiary/aromatic N) is 3. The normalized spacial score (nSPS) is 11.1. The Kier molecular flexibility index (Phi) is 5.71. The lowest BCUT2D eigenvalue weighted by atomic mass is 10.2. The molecule has 2 aromatic carbocycles. The summed E-state index contributed by atoms with van der Waals surface area (Å²) in [5.41, 5.74) is 8.77. The van der Waals surface area contributed by atoms with E-state index in [9.17, 15) is 9.18 Å². The quantitative estimate of drug-likeness (QED) is 0.386. The fourth-order valence-corrected chi connectivity index (χ4v) is 3.31. The van der Waals surface area contributed by atoms with Crippen LogP contribution in [-0.2, 0) is 13.1 Å². The average Bonchev–Trinajstić information content (AvgIpc) is 3.33. The molecule has 30 heavy (non-hydrogen) atoms. The van der Waals surface area contributed by atoms with Crippen molar-refractivity contribution in [2.45, 2.75) is 13.1 Å². The molecule has 0 radical (unpaired) electrons. The SMILES string of the molecule is Nc1nonc1C(=O)NCCNCc1cn(Cc2ccc(F)cc2)c2ccccc12. The molecule has 1 amide bonds. The van der Waals surface area contributed by atoms with Gasteiger partial charge in [0, 0.05) is 43.3 Å². The Hall–Kier alpha value is -3.72. The van der Waals surface area contributed by atoms with Gasteiger partial charge in [0.15, 0.2) is 0 Å². The van der Waals surface area contributed by atoms with Crippen LogP contribution in [0.4, 0.5) is 10.2 Å². The van der Waals surface area contributed by atoms with Crippen LogP contribution in [0.15, 0.2) is 59.4 Å². The molecule has 0 aliphatic heterocycles. The predicted octanol–water partition coefficient (Wildman–Crippen LogP) is 2.31. The number of para-hydroxylation sites is 1. The van der Waals surface area contributed by atoms with Gasteiger partial charge in [-0.15, -0.1) is 0 Å². The van der Waals surface area contributed by atoms with Crippen molar-refractivity contribution in [3.05, 3.63) is 77.4 Å². The second-order valence-electron chi connectivity index (χ2n) is 6.86. The molecular weight excluding hydrogens is 387 g/mol. The molecule has 0 bridgehead atoms. The third-order valence-electron chi connectivity index (χ3n) is 4.77. The molecule has 0 saturated carbocycles. The molecule has 0 saturated heterocycles. The first kappa shape index (κ1) is 19.6. The summed E-state index contributed by atoms with van der Waals surface area (Å²) in [6.07, 6.45) is 2.10. The van der Waals surface area contributed by atoms with E-state index in [0.717, 1.165) is 22.0 Å². The zero-order valence-corrected chi connectivity index (χ0v) is 16.1. The van der Waals surface area contributed by atoms with Gasteiger partial charge in [0.25, 0.3) is 5.91 Å². The molecule has 0 atom stereocenters. The zero-order valence-electron chi connectivity index (χ0n) is 16.1. The summed E-state index contributed by atoms with van der Waals surface area (Å²) in [6, 6.07) is 14.7. The summed E-state index contributed by atoms with van der Waals surface area (Å²) in [6.45, 7) is 2.26. The fourth-order valence-electron chi connectivity index (χ4n) is 3.31. The smallest absolute Gasteiger partial charge is 0.277 e. The molecular formula is C21H21FN6O2. The third kappa shape index (κ3) is 4.31. The predicted molar refractivity (Wildman–Crippen MR) is 110 cm³/mol. The van der Waals surface area contributed by atoms with Crippen LogP contribution in [0, 0.1) is 5.82 Å².